The average molecular weight is 303 g/mol. The Morgan fingerprint density at radius 2 is 2.18 bits per heavy atom. The molecule has 0 aliphatic rings. The van der Waals surface area contributed by atoms with Gasteiger partial charge >= 0.3 is 5.97 Å². The summed E-state index contributed by atoms with van der Waals surface area (Å²) >= 11 is 0. The molecular weight excluding hydrogens is 282 g/mol. The first-order chi connectivity index (χ1) is 10.4. The van der Waals surface area contributed by atoms with E-state index in [9.17, 15) is 9.90 Å². The molecule has 0 aliphatic carbocycles. The molecule has 2 N–H and O–H groups in total. The molecule has 1 aromatic heterocycles. The molecule has 0 bridgehead atoms. The molecule has 0 amide bonds. The molecule has 22 heavy (non-hydrogen) atoms. The molecule has 0 radical (unpaired) electrons. The van der Waals surface area contributed by atoms with Gasteiger partial charge in [0.05, 0.1) is 13.7 Å². The summed E-state index contributed by atoms with van der Waals surface area (Å²) in [4.78, 5) is 20.8. The molecule has 0 unspecified atom stereocenters. The highest BCUT2D eigenvalue weighted by atomic mass is 16.5. The first-order valence-electron chi connectivity index (χ1n) is 7.00. The van der Waals surface area contributed by atoms with E-state index in [1.165, 1.54) is 0 Å². The highest BCUT2D eigenvalue weighted by molar-refractivity contribution is 5.76. The van der Waals surface area contributed by atoms with Crippen LogP contribution >= 0.6 is 0 Å². The normalized spacial score (nSPS) is 12.4. The lowest BCUT2D eigenvalue weighted by Crippen LogP contribution is -2.31. The van der Waals surface area contributed by atoms with Gasteiger partial charge in [-0.1, -0.05) is 6.07 Å². The molecule has 1 atom stereocenters. The fraction of sp³-hybridized carbons (Fsp3) is 0.375. The number of carboxylic acids is 1. The number of rotatable bonds is 6. The van der Waals surface area contributed by atoms with Crippen LogP contribution < -0.4 is 4.74 Å². The van der Waals surface area contributed by atoms with Gasteiger partial charge < -0.3 is 14.8 Å². The Kier molecular flexibility index (Phi) is 4.82. The van der Waals surface area contributed by atoms with Crippen molar-refractivity contribution in [2.45, 2.75) is 26.4 Å². The van der Waals surface area contributed by atoms with E-state index in [0.717, 1.165) is 28.4 Å². The number of aryl methyl sites for hydroxylation is 2. The van der Waals surface area contributed by atoms with Gasteiger partial charge in [0.2, 0.25) is 0 Å². The van der Waals surface area contributed by atoms with Crippen LogP contribution in [0.3, 0.4) is 0 Å². The van der Waals surface area contributed by atoms with Gasteiger partial charge in [0.1, 0.15) is 17.6 Å². The first-order valence-corrected chi connectivity index (χ1v) is 7.00. The quantitative estimate of drug-likeness (QED) is 0.856. The molecule has 6 heteroatoms. The second kappa shape index (κ2) is 6.62. The lowest BCUT2D eigenvalue weighted by Gasteiger charge is -2.25. The Morgan fingerprint density at radius 1 is 1.45 bits per heavy atom. The van der Waals surface area contributed by atoms with E-state index in [0.29, 0.717) is 6.54 Å². The van der Waals surface area contributed by atoms with Crippen LogP contribution in [0.2, 0.25) is 0 Å². The number of likely N-dealkylation sites (N-methyl/N-ethyl adjacent to an activating group) is 1. The van der Waals surface area contributed by atoms with Crippen LogP contribution in [0.4, 0.5) is 0 Å². The SMILES string of the molecule is COc1ccc([C@@H](C(=O)O)N(C)Cc2ncc(C)[nH]2)c(C)c1. The van der Waals surface area contributed by atoms with Crippen molar-refractivity contribution in [1.29, 1.82) is 0 Å². The van der Waals surface area contributed by atoms with E-state index >= 15 is 0 Å². The highest BCUT2D eigenvalue weighted by Crippen LogP contribution is 2.27. The van der Waals surface area contributed by atoms with Crippen molar-refractivity contribution >= 4 is 5.97 Å². The minimum absolute atomic E-state index is 0.427. The molecule has 1 aromatic carbocycles. The van der Waals surface area contributed by atoms with Crippen molar-refractivity contribution in [3.05, 3.63) is 47.0 Å². The first kappa shape index (κ1) is 16.0. The molecule has 0 spiro atoms. The largest absolute Gasteiger partial charge is 0.497 e. The number of ether oxygens (including phenoxy) is 1. The van der Waals surface area contributed by atoms with Gasteiger partial charge in [0.25, 0.3) is 0 Å². The van der Waals surface area contributed by atoms with Crippen LogP contribution in [-0.2, 0) is 11.3 Å². The summed E-state index contributed by atoms with van der Waals surface area (Å²) in [5.74, 6) is 0.575. The van der Waals surface area contributed by atoms with Crippen LogP contribution in [0.1, 0.15) is 28.7 Å². The molecule has 0 saturated heterocycles. The number of hydrogen-bond acceptors (Lipinski definition) is 4. The van der Waals surface area contributed by atoms with Gasteiger partial charge in [0.15, 0.2) is 0 Å². The maximum atomic E-state index is 11.7. The summed E-state index contributed by atoms with van der Waals surface area (Å²) in [6, 6.07) is 4.69. The Hall–Kier alpha value is -2.34. The van der Waals surface area contributed by atoms with E-state index in [4.69, 9.17) is 4.74 Å². The zero-order chi connectivity index (χ0) is 16.3. The fourth-order valence-corrected chi connectivity index (χ4v) is 2.52. The predicted octanol–water partition coefficient (Wildman–Crippen LogP) is 2.29. The van der Waals surface area contributed by atoms with Crippen LogP contribution in [-0.4, -0.2) is 40.1 Å². The fourth-order valence-electron chi connectivity index (χ4n) is 2.52. The van der Waals surface area contributed by atoms with Crippen LogP contribution in [0.15, 0.2) is 24.4 Å². The third-order valence-electron chi connectivity index (χ3n) is 3.60. The van der Waals surface area contributed by atoms with Gasteiger partial charge in [-0.2, -0.15) is 0 Å². The average Bonchev–Trinajstić information content (AvgIpc) is 2.85. The number of imidazole rings is 1. The summed E-state index contributed by atoms with van der Waals surface area (Å²) < 4.78 is 5.17. The molecule has 1 heterocycles. The number of carbonyl (C=O) groups is 1. The molecule has 2 rings (SSSR count). The van der Waals surface area contributed by atoms with E-state index < -0.39 is 12.0 Å². The molecule has 6 nitrogen and oxygen atoms in total. The van der Waals surface area contributed by atoms with Crippen molar-refractivity contribution in [3.8, 4) is 5.75 Å². The second-order valence-corrected chi connectivity index (χ2v) is 5.39. The number of aromatic amines is 1. The summed E-state index contributed by atoms with van der Waals surface area (Å²) in [5.41, 5.74) is 2.59. The summed E-state index contributed by atoms with van der Waals surface area (Å²) in [5, 5.41) is 9.63. The molecular formula is C16H21N3O3. The van der Waals surface area contributed by atoms with Gasteiger partial charge in [-0.15, -0.1) is 0 Å². The number of aliphatic carboxylic acids is 1. The minimum Gasteiger partial charge on any atom is -0.497 e. The number of hydrogen-bond donors (Lipinski definition) is 2. The smallest absolute Gasteiger partial charge is 0.325 e. The second-order valence-electron chi connectivity index (χ2n) is 5.39. The van der Waals surface area contributed by atoms with E-state index in [1.807, 2.05) is 19.9 Å². The van der Waals surface area contributed by atoms with E-state index in [1.54, 1.807) is 37.4 Å². The lowest BCUT2D eigenvalue weighted by molar-refractivity contribution is -0.143. The molecule has 0 saturated carbocycles. The minimum atomic E-state index is -0.890. The van der Waals surface area contributed by atoms with E-state index in [-0.39, 0.29) is 0 Å². The summed E-state index contributed by atoms with van der Waals surface area (Å²) in [6.45, 7) is 4.23. The monoisotopic (exact) mass is 303 g/mol. The zero-order valence-corrected chi connectivity index (χ0v) is 13.3. The third kappa shape index (κ3) is 3.46. The van der Waals surface area contributed by atoms with Gasteiger partial charge in [0, 0.05) is 11.9 Å². The number of nitrogens with one attached hydrogen (secondary N) is 1. The Morgan fingerprint density at radius 3 is 2.68 bits per heavy atom. The zero-order valence-electron chi connectivity index (χ0n) is 13.3. The number of nitrogens with zero attached hydrogens (tertiary/aromatic N) is 2. The van der Waals surface area contributed by atoms with Crippen LogP contribution in [0.5, 0.6) is 5.75 Å². The Balaban J connectivity index is 2.27. The highest BCUT2D eigenvalue weighted by Gasteiger charge is 2.27. The molecule has 0 aliphatic heterocycles. The van der Waals surface area contributed by atoms with Crippen molar-refractivity contribution < 1.29 is 14.6 Å². The van der Waals surface area contributed by atoms with Crippen molar-refractivity contribution in [3.63, 3.8) is 0 Å². The number of benzene rings is 1. The number of methoxy groups -OCH3 is 1. The summed E-state index contributed by atoms with van der Waals surface area (Å²) in [6.07, 6.45) is 1.73. The van der Waals surface area contributed by atoms with E-state index in [2.05, 4.69) is 9.97 Å². The maximum absolute atomic E-state index is 11.7. The van der Waals surface area contributed by atoms with Crippen LogP contribution in [0, 0.1) is 13.8 Å². The molecule has 2 aromatic rings. The Labute approximate surface area is 129 Å². The topological polar surface area (TPSA) is 78.5 Å². The third-order valence-corrected chi connectivity index (χ3v) is 3.60. The van der Waals surface area contributed by atoms with Gasteiger partial charge in [-0.25, -0.2) is 4.98 Å². The van der Waals surface area contributed by atoms with Crippen molar-refractivity contribution in [2.75, 3.05) is 14.2 Å². The maximum Gasteiger partial charge on any atom is 0.325 e. The molecule has 0 fully saturated rings. The number of H-pyrrole nitrogens is 1. The number of carboxylic acid groups (broad SMARTS) is 1. The Bertz CT molecular complexity index is 666. The van der Waals surface area contributed by atoms with Crippen LogP contribution in [0.25, 0.3) is 0 Å². The number of aromatic nitrogens is 2. The summed E-state index contributed by atoms with van der Waals surface area (Å²) in [7, 11) is 3.37. The van der Waals surface area contributed by atoms with Crippen molar-refractivity contribution in [1.82, 2.24) is 14.9 Å². The van der Waals surface area contributed by atoms with Crippen molar-refractivity contribution in [2.24, 2.45) is 0 Å². The predicted molar refractivity (Wildman–Crippen MR) is 82.9 cm³/mol. The van der Waals surface area contributed by atoms with Gasteiger partial charge in [-0.3, -0.25) is 9.69 Å². The standard InChI is InChI=1S/C16H21N3O3/c1-10-7-12(22-4)5-6-13(10)15(16(20)21)19(3)9-14-17-8-11(2)18-14/h5-8,15H,9H2,1-4H3,(H,17,18)(H,20,21)/t15-/m0/s1. The molecule has 118 valence electrons. The lowest BCUT2D eigenvalue weighted by atomic mass is 10.00. The van der Waals surface area contributed by atoms with Gasteiger partial charge in [-0.05, 0) is 44.2 Å².